The summed E-state index contributed by atoms with van der Waals surface area (Å²) in [6.45, 7) is 12.0. The molecule has 0 aromatic heterocycles. The van der Waals surface area contributed by atoms with Crippen LogP contribution in [0.3, 0.4) is 0 Å². The summed E-state index contributed by atoms with van der Waals surface area (Å²) in [5, 5.41) is 2.67. The number of amides is 3. The molecule has 3 atom stereocenters. The second kappa shape index (κ2) is 53.8. The first-order chi connectivity index (χ1) is 36.9. The average molecular weight is 1080 g/mol. The van der Waals surface area contributed by atoms with Crippen molar-refractivity contribution in [2.24, 2.45) is 11.8 Å². The molecule has 0 aromatic rings. The Balaban J connectivity index is 5.31. The fourth-order valence-corrected chi connectivity index (χ4v) is 9.72. The summed E-state index contributed by atoms with van der Waals surface area (Å²) in [5.41, 5.74) is 0. The van der Waals surface area contributed by atoms with Gasteiger partial charge in [0, 0.05) is 38.8 Å². The summed E-state index contributed by atoms with van der Waals surface area (Å²) in [5.74, 6) is -1.89. The Morgan fingerprint density at radius 3 is 1.01 bits per heavy atom. The Morgan fingerprint density at radius 1 is 0.368 bits per heavy atom. The summed E-state index contributed by atoms with van der Waals surface area (Å²) in [6, 6.07) is -0.627. The van der Waals surface area contributed by atoms with Crippen LogP contribution in [-0.4, -0.2) is 105 Å². The van der Waals surface area contributed by atoms with E-state index in [4.69, 9.17) is 18.9 Å². The molecule has 0 spiro atoms. The van der Waals surface area contributed by atoms with Crippen molar-refractivity contribution < 1.29 is 47.7 Å². The van der Waals surface area contributed by atoms with Crippen molar-refractivity contribution in [1.29, 1.82) is 0 Å². The molecule has 0 aliphatic heterocycles. The van der Waals surface area contributed by atoms with Crippen LogP contribution in [-0.2, 0) is 42.9 Å². The fourth-order valence-electron chi connectivity index (χ4n) is 9.72. The number of carbonyl (C=O) groups excluding carboxylic acids is 6. The molecule has 0 saturated carbocycles. The lowest BCUT2D eigenvalue weighted by molar-refractivity contribution is -0.167. The van der Waals surface area contributed by atoms with Gasteiger partial charge in [0.25, 0.3) is 5.91 Å². The molecule has 446 valence electrons. The van der Waals surface area contributed by atoms with Crippen molar-refractivity contribution in [2.45, 2.75) is 304 Å². The molecule has 0 bridgehead atoms. The fraction of sp³-hybridized carbons (Fsp3) is 0.905. The standard InChI is InChI=1S/C63H119N3O10/c1-8-13-17-21-25-27-31-35-44-55(42-33-29-23-19-15-10-3)52-73-58(67)46-37-38-48-60(69)75-54-57(62(71)66(63(72)64-12-5)51-41-50-65(6)7)76-61(70)49-40-39-47-59(68)74-53-56(43-34-30-24-20-16-11-4)45-36-32-28-26-22-18-14-9-2/h55-57H,8-54H2,1-7H3,(H,64,72). The number of esters is 4. The minimum Gasteiger partial charge on any atom is -0.465 e. The first-order valence-electron chi connectivity index (χ1n) is 31.8. The normalized spacial score (nSPS) is 12.5. The van der Waals surface area contributed by atoms with Gasteiger partial charge in [-0.05, 0) is 97.2 Å². The van der Waals surface area contributed by atoms with Crippen molar-refractivity contribution in [2.75, 3.05) is 53.6 Å². The van der Waals surface area contributed by atoms with Crippen LogP contribution in [0.1, 0.15) is 298 Å². The van der Waals surface area contributed by atoms with Crippen molar-refractivity contribution >= 4 is 35.8 Å². The van der Waals surface area contributed by atoms with E-state index in [1.54, 1.807) is 6.92 Å². The predicted octanol–water partition coefficient (Wildman–Crippen LogP) is 16.0. The molecule has 13 nitrogen and oxygen atoms in total. The molecule has 0 aliphatic rings. The van der Waals surface area contributed by atoms with Gasteiger partial charge in [-0.15, -0.1) is 0 Å². The summed E-state index contributed by atoms with van der Waals surface area (Å²) in [6.07, 6.45) is 40.2. The topological polar surface area (TPSA) is 158 Å². The largest absolute Gasteiger partial charge is 0.465 e. The first kappa shape index (κ1) is 72.8. The molecular weight excluding hydrogens is 959 g/mol. The molecule has 3 unspecified atom stereocenters. The number of nitrogens with zero attached hydrogens (tertiary/aromatic N) is 2. The van der Waals surface area contributed by atoms with E-state index < -0.39 is 36.6 Å². The Hall–Kier alpha value is -3.22. The number of ether oxygens (including phenoxy) is 4. The van der Waals surface area contributed by atoms with Crippen LogP contribution in [0, 0.1) is 11.8 Å². The lowest BCUT2D eigenvalue weighted by Gasteiger charge is -2.26. The number of urea groups is 1. The van der Waals surface area contributed by atoms with E-state index >= 15 is 0 Å². The van der Waals surface area contributed by atoms with E-state index in [0.717, 1.165) is 56.3 Å². The first-order valence-corrected chi connectivity index (χ1v) is 31.8. The van der Waals surface area contributed by atoms with Gasteiger partial charge in [0.05, 0.1) is 13.2 Å². The molecule has 13 heteroatoms. The van der Waals surface area contributed by atoms with Crippen LogP contribution in [0.25, 0.3) is 0 Å². The molecule has 0 heterocycles. The van der Waals surface area contributed by atoms with Crippen LogP contribution in [0.2, 0.25) is 0 Å². The minimum absolute atomic E-state index is 0.000799. The SMILES string of the molecule is CCCCCCCCCCC(CCCCCCCC)COC(=O)CCCCC(=O)OCC(OC(=O)CCCCC(=O)OCC(CCCCCCCC)CCCCCCCCCC)C(=O)N(CCCN(C)C)C(=O)NCC. The molecule has 0 fully saturated rings. The summed E-state index contributed by atoms with van der Waals surface area (Å²) >= 11 is 0. The molecule has 3 amide bonds. The quantitative estimate of drug-likeness (QED) is 0.0351. The summed E-state index contributed by atoms with van der Waals surface area (Å²) in [4.78, 5) is 82.1. The van der Waals surface area contributed by atoms with Gasteiger partial charge in [0.1, 0.15) is 6.61 Å². The number of rotatable bonds is 55. The van der Waals surface area contributed by atoms with Gasteiger partial charge in [-0.2, -0.15) is 0 Å². The van der Waals surface area contributed by atoms with Crippen LogP contribution in [0.5, 0.6) is 0 Å². The number of imide groups is 1. The average Bonchev–Trinajstić information content (AvgIpc) is 3.40. The zero-order chi connectivity index (χ0) is 56.1. The zero-order valence-electron chi connectivity index (χ0n) is 50.4. The number of carbonyl (C=O) groups is 6. The van der Waals surface area contributed by atoms with E-state index in [0.29, 0.717) is 63.7 Å². The molecule has 0 aliphatic carbocycles. The van der Waals surface area contributed by atoms with E-state index in [2.05, 4.69) is 33.0 Å². The third-order valence-electron chi connectivity index (χ3n) is 14.6. The Kier molecular flexibility index (Phi) is 51.5. The molecule has 0 radical (unpaired) electrons. The highest BCUT2D eigenvalue weighted by molar-refractivity contribution is 5.97. The second-order valence-electron chi connectivity index (χ2n) is 22.3. The highest BCUT2D eigenvalue weighted by Crippen LogP contribution is 2.23. The van der Waals surface area contributed by atoms with Gasteiger partial charge in [-0.3, -0.25) is 28.9 Å². The zero-order valence-corrected chi connectivity index (χ0v) is 50.4. The molecular formula is C63H119N3O10. The highest BCUT2D eigenvalue weighted by atomic mass is 16.6. The third kappa shape index (κ3) is 45.8. The monoisotopic (exact) mass is 1080 g/mol. The highest BCUT2D eigenvalue weighted by Gasteiger charge is 2.33. The van der Waals surface area contributed by atoms with Gasteiger partial charge in [0.15, 0.2) is 0 Å². The van der Waals surface area contributed by atoms with Crippen molar-refractivity contribution in [1.82, 2.24) is 15.1 Å². The Labute approximate surface area is 466 Å². The summed E-state index contributed by atoms with van der Waals surface area (Å²) in [7, 11) is 3.79. The lowest BCUT2D eigenvalue weighted by atomic mass is 9.94. The van der Waals surface area contributed by atoms with Crippen molar-refractivity contribution in [3.63, 3.8) is 0 Å². The van der Waals surface area contributed by atoms with E-state index in [9.17, 15) is 28.8 Å². The number of hydrogen-bond acceptors (Lipinski definition) is 11. The van der Waals surface area contributed by atoms with E-state index in [-0.39, 0.29) is 50.7 Å². The van der Waals surface area contributed by atoms with Crippen LogP contribution >= 0.6 is 0 Å². The van der Waals surface area contributed by atoms with Crippen LogP contribution in [0.15, 0.2) is 0 Å². The maximum absolute atomic E-state index is 14.0. The van der Waals surface area contributed by atoms with Gasteiger partial charge >= 0.3 is 29.9 Å². The molecule has 76 heavy (non-hydrogen) atoms. The van der Waals surface area contributed by atoms with Crippen molar-refractivity contribution in [3.8, 4) is 0 Å². The van der Waals surface area contributed by atoms with E-state index in [1.807, 2.05) is 19.0 Å². The van der Waals surface area contributed by atoms with Crippen LogP contribution < -0.4 is 5.32 Å². The van der Waals surface area contributed by atoms with Gasteiger partial charge < -0.3 is 29.2 Å². The van der Waals surface area contributed by atoms with Crippen molar-refractivity contribution in [3.05, 3.63) is 0 Å². The molecule has 1 N–H and O–H groups in total. The number of hydrogen-bond donors (Lipinski definition) is 1. The molecule has 0 saturated heterocycles. The number of unbranched alkanes of at least 4 members (excludes halogenated alkanes) is 26. The summed E-state index contributed by atoms with van der Waals surface area (Å²) < 4.78 is 22.8. The predicted molar refractivity (Wildman–Crippen MR) is 311 cm³/mol. The minimum atomic E-state index is -1.54. The molecule has 0 aromatic carbocycles. The maximum Gasteiger partial charge on any atom is 0.324 e. The smallest absolute Gasteiger partial charge is 0.324 e. The Morgan fingerprint density at radius 2 is 0.684 bits per heavy atom. The maximum atomic E-state index is 14.0. The number of nitrogens with one attached hydrogen (secondary N) is 1. The third-order valence-corrected chi connectivity index (χ3v) is 14.6. The Bertz CT molecular complexity index is 1410. The lowest BCUT2D eigenvalue weighted by Crippen LogP contribution is -2.51. The van der Waals surface area contributed by atoms with Crippen LogP contribution in [0.4, 0.5) is 4.79 Å². The van der Waals surface area contributed by atoms with E-state index in [1.165, 1.54) is 154 Å². The molecule has 0 rings (SSSR count). The van der Waals surface area contributed by atoms with Gasteiger partial charge in [0.2, 0.25) is 6.10 Å². The second-order valence-corrected chi connectivity index (χ2v) is 22.3. The van der Waals surface area contributed by atoms with Gasteiger partial charge in [-0.1, -0.05) is 207 Å². The van der Waals surface area contributed by atoms with Gasteiger partial charge in [-0.25, -0.2) is 4.79 Å².